The van der Waals surface area contributed by atoms with Gasteiger partial charge in [-0.3, -0.25) is 4.57 Å². The van der Waals surface area contributed by atoms with Crippen molar-refractivity contribution in [1.82, 2.24) is 30.2 Å². The van der Waals surface area contributed by atoms with Crippen LogP contribution in [0.15, 0.2) is 12.7 Å². The number of aromatic nitrogens is 4. The summed E-state index contributed by atoms with van der Waals surface area (Å²) in [4.78, 5) is 36.2. The Morgan fingerprint density at radius 1 is 1.25 bits per heavy atom. The van der Waals surface area contributed by atoms with Crippen LogP contribution in [0, 0.1) is 0 Å². The number of anilines is 1. The number of nitrogens with zero attached hydrogens (tertiary/aromatic N) is 4. The molecule has 2 aromatic rings. The number of hydrogen-bond donors (Lipinski definition) is 4. The third-order valence-corrected chi connectivity index (χ3v) is 5.73. The molecule has 0 spiro atoms. The molecule has 4 heterocycles. The van der Waals surface area contributed by atoms with E-state index < -0.39 is 47.9 Å². The zero-order valence-electron chi connectivity index (χ0n) is 20.9. The van der Waals surface area contributed by atoms with Gasteiger partial charge in [0.25, 0.3) is 0 Å². The van der Waals surface area contributed by atoms with Crippen molar-refractivity contribution in [3.8, 4) is 0 Å². The number of nitrogens with two attached hydrogens (primary N) is 1. The van der Waals surface area contributed by atoms with Gasteiger partial charge in [0.1, 0.15) is 41.8 Å². The summed E-state index contributed by atoms with van der Waals surface area (Å²) in [6.07, 6.45) is 0.0743. The van der Waals surface area contributed by atoms with Gasteiger partial charge < -0.3 is 40.4 Å². The lowest BCUT2D eigenvalue weighted by atomic mass is 10.1. The first-order valence-electron chi connectivity index (χ1n) is 11.7. The van der Waals surface area contributed by atoms with Crippen LogP contribution < -0.4 is 16.4 Å². The fraction of sp³-hybridized carbons (Fsp3) is 0.682. The molecular weight excluding hydrogens is 474 g/mol. The molecule has 2 aliphatic rings. The molecule has 5 atom stereocenters. The highest BCUT2D eigenvalue weighted by Gasteiger charge is 2.56. The van der Waals surface area contributed by atoms with Crippen molar-refractivity contribution in [3.63, 3.8) is 0 Å². The molecule has 0 aliphatic carbocycles. The molecule has 198 valence electrons. The quantitative estimate of drug-likeness (QED) is 0.291. The van der Waals surface area contributed by atoms with Crippen molar-refractivity contribution >= 4 is 29.0 Å². The highest BCUT2D eigenvalue weighted by Crippen LogP contribution is 2.43. The molecule has 2 saturated heterocycles. The summed E-state index contributed by atoms with van der Waals surface area (Å²) < 4.78 is 25.7. The SMILES string of the molecule is CC(C)(C)OC(=O)[C@H](CCNC[C@H]1O[C@@H](n2cnc3c(N)ncnc32)[C@@H]2OC(C)(C)O[C@@H]21)NC(=O)O. The van der Waals surface area contributed by atoms with Crippen molar-refractivity contribution in [3.05, 3.63) is 12.7 Å². The Morgan fingerprint density at radius 2 is 1.97 bits per heavy atom. The molecule has 14 heteroatoms. The molecule has 5 N–H and O–H groups in total. The molecule has 0 aromatic carbocycles. The van der Waals surface area contributed by atoms with Crippen molar-refractivity contribution in [1.29, 1.82) is 0 Å². The van der Waals surface area contributed by atoms with Crippen molar-refractivity contribution in [2.45, 2.75) is 83.0 Å². The maximum absolute atomic E-state index is 12.4. The maximum Gasteiger partial charge on any atom is 0.405 e. The first-order chi connectivity index (χ1) is 16.8. The van der Waals surface area contributed by atoms with E-state index >= 15 is 0 Å². The number of rotatable bonds is 8. The van der Waals surface area contributed by atoms with E-state index in [-0.39, 0.29) is 18.3 Å². The Morgan fingerprint density at radius 3 is 2.67 bits per heavy atom. The number of nitrogens with one attached hydrogen (secondary N) is 2. The third kappa shape index (κ3) is 5.67. The highest BCUT2D eigenvalue weighted by atomic mass is 16.8. The number of carboxylic acid groups (broad SMARTS) is 1. The smallest absolute Gasteiger partial charge is 0.405 e. The standard InChI is InChI=1S/C22H33N7O7/c1-21(2,3)36-19(30)11(28-20(31)32)6-7-24-8-12-14-15(35-22(4,5)34-14)18(33-12)29-10-27-13-16(23)25-9-26-17(13)29/h9-12,14-15,18,24,28H,6-8H2,1-5H3,(H,31,32)(H2,23,25,26)/t11-,12+,14+,15+,18+/m0/s1. The summed E-state index contributed by atoms with van der Waals surface area (Å²) >= 11 is 0. The molecule has 0 unspecified atom stereocenters. The van der Waals surface area contributed by atoms with Crippen LogP contribution in [-0.4, -0.2) is 85.5 Å². The van der Waals surface area contributed by atoms with Crippen LogP contribution >= 0.6 is 0 Å². The maximum atomic E-state index is 12.4. The predicted octanol–water partition coefficient (Wildman–Crippen LogP) is 0.784. The number of esters is 1. The molecule has 2 aliphatic heterocycles. The van der Waals surface area contributed by atoms with Gasteiger partial charge in [-0.2, -0.15) is 0 Å². The second-order valence-electron chi connectivity index (χ2n) is 10.2. The number of carbonyl (C=O) groups excluding carboxylic acids is 1. The van der Waals surface area contributed by atoms with Crippen LogP contribution in [0.4, 0.5) is 10.6 Å². The van der Waals surface area contributed by atoms with E-state index in [2.05, 4.69) is 25.6 Å². The van der Waals surface area contributed by atoms with E-state index in [4.69, 9.17) is 29.8 Å². The van der Waals surface area contributed by atoms with E-state index in [1.54, 1.807) is 31.7 Å². The number of amides is 1. The van der Waals surface area contributed by atoms with Gasteiger partial charge in [0.05, 0.1) is 6.33 Å². The number of imidazole rings is 1. The largest absolute Gasteiger partial charge is 0.465 e. The molecular formula is C22H33N7O7. The fourth-order valence-corrected chi connectivity index (χ4v) is 4.37. The number of fused-ring (bicyclic) bond motifs is 2. The highest BCUT2D eigenvalue weighted by molar-refractivity contribution is 5.81. The van der Waals surface area contributed by atoms with Crippen molar-refractivity contribution in [2.24, 2.45) is 0 Å². The van der Waals surface area contributed by atoms with Gasteiger partial charge in [-0.15, -0.1) is 0 Å². The second-order valence-corrected chi connectivity index (χ2v) is 10.2. The lowest BCUT2D eigenvalue weighted by Gasteiger charge is -2.25. The molecule has 14 nitrogen and oxygen atoms in total. The molecule has 2 fully saturated rings. The number of nitrogen functional groups attached to an aromatic ring is 1. The van der Waals surface area contributed by atoms with Crippen molar-refractivity contribution < 1.29 is 33.6 Å². The van der Waals surface area contributed by atoms with Gasteiger partial charge in [0.2, 0.25) is 0 Å². The van der Waals surface area contributed by atoms with Gasteiger partial charge in [-0.25, -0.2) is 24.5 Å². The Hall–Kier alpha value is -3.07. The number of ether oxygens (including phenoxy) is 4. The first kappa shape index (κ1) is 26.0. The fourth-order valence-electron chi connectivity index (χ4n) is 4.37. The van der Waals surface area contributed by atoms with Crippen LogP contribution in [0.3, 0.4) is 0 Å². The molecule has 0 radical (unpaired) electrons. The van der Waals surface area contributed by atoms with Crippen molar-refractivity contribution in [2.75, 3.05) is 18.8 Å². The van der Waals surface area contributed by atoms with Gasteiger partial charge in [0.15, 0.2) is 23.5 Å². The summed E-state index contributed by atoms with van der Waals surface area (Å²) in [6, 6.07) is -1.01. The molecule has 0 bridgehead atoms. The first-order valence-corrected chi connectivity index (χ1v) is 11.7. The van der Waals surface area contributed by atoms with E-state index in [1.165, 1.54) is 6.33 Å². The number of carbonyl (C=O) groups is 2. The Bertz CT molecular complexity index is 1120. The van der Waals surface area contributed by atoms with Crippen LogP contribution in [0.2, 0.25) is 0 Å². The molecule has 0 saturated carbocycles. The minimum Gasteiger partial charge on any atom is -0.465 e. The summed E-state index contributed by atoms with van der Waals surface area (Å²) in [7, 11) is 0. The molecule has 4 rings (SSSR count). The van der Waals surface area contributed by atoms with E-state index in [1.807, 2.05) is 13.8 Å². The summed E-state index contributed by atoms with van der Waals surface area (Å²) in [6.45, 7) is 9.54. The van der Waals surface area contributed by atoms with E-state index in [0.29, 0.717) is 24.3 Å². The summed E-state index contributed by atoms with van der Waals surface area (Å²) in [5, 5.41) is 14.6. The summed E-state index contributed by atoms with van der Waals surface area (Å²) in [5.74, 6) is -1.18. The van der Waals surface area contributed by atoms with Crippen LogP contribution in [0.1, 0.15) is 47.3 Å². The van der Waals surface area contributed by atoms with Crippen LogP contribution in [0.25, 0.3) is 11.2 Å². The molecule has 1 amide bonds. The van der Waals surface area contributed by atoms with Gasteiger partial charge in [-0.1, -0.05) is 0 Å². The topological polar surface area (TPSA) is 185 Å². The number of hydrogen-bond acceptors (Lipinski definition) is 11. The average molecular weight is 508 g/mol. The lowest BCUT2D eigenvalue weighted by Crippen LogP contribution is -2.46. The minimum absolute atomic E-state index is 0.191. The zero-order chi connectivity index (χ0) is 26.3. The van der Waals surface area contributed by atoms with Crippen LogP contribution in [-0.2, 0) is 23.7 Å². The normalized spacial score (nSPS) is 26.0. The van der Waals surface area contributed by atoms with Crippen LogP contribution in [0.5, 0.6) is 0 Å². The van der Waals surface area contributed by atoms with Gasteiger partial charge in [-0.05, 0) is 47.6 Å². The zero-order valence-corrected chi connectivity index (χ0v) is 20.9. The minimum atomic E-state index is -1.30. The Kier molecular flexibility index (Phi) is 7.05. The third-order valence-electron chi connectivity index (χ3n) is 5.73. The average Bonchev–Trinajstić information content (AvgIpc) is 3.40. The molecule has 2 aromatic heterocycles. The summed E-state index contributed by atoms with van der Waals surface area (Å²) in [5.41, 5.74) is 6.19. The Labute approximate surface area is 207 Å². The Balaban J connectivity index is 1.41. The van der Waals surface area contributed by atoms with Gasteiger partial charge >= 0.3 is 12.1 Å². The molecule has 36 heavy (non-hydrogen) atoms. The van der Waals surface area contributed by atoms with E-state index in [9.17, 15) is 9.59 Å². The van der Waals surface area contributed by atoms with Gasteiger partial charge in [0, 0.05) is 6.54 Å². The predicted molar refractivity (Wildman–Crippen MR) is 126 cm³/mol. The second kappa shape index (κ2) is 9.76. The van der Waals surface area contributed by atoms with E-state index in [0.717, 1.165) is 0 Å². The monoisotopic (exact) mass is 507 g/mol. The lowest BCUT2D eigenvalue weighted by molar-refractivity contribution is -0.195.